The summed E-state index contributed by atoms with van der Waals surface area (Å²) in [5, 5.41) is 0.654. The lowest BCUT2D eigenvalue weighted by atomic mass is 10.2. The molecule has 0 aliphatic carbocycles. The minimum atomic E-state index is -4.40. The van der Waals surface area contributed by atoms with Crippen molar-refractivity contribution in [3.05, 3.63) is 53.2 Å². The highest BCUT2D eigenvalue weighted by atomic mass is 35.5. The monoisotopic (exact) mass is 385 g/mol. The zero-order chi connectivity index (χ0) is 18.6. The van der Waals surface area contributed by atoms with Crippen LogP contribution in [0.2, 0.25) is 5.02 Å². The molecule has 0 amide bonds. The van der Waals surface area contributed by atoms with Crippen LogP contribution in [0.1, 0.15) is 5.56 Å². The number of nitrogens with zero attached hydrogens (tertiary/aromatic N) is 3. The minimum Gasteiger partial charge on any atom is -0.492 e. The molecule has 0 radical (unpaired) electrons. The van der Waals surface area contributed by atoms with Gasteiger partial charge in [0.05, 0.1) is 5.56 Å². The third-order valence-corrected chi connectivity index (χ3v) is 4.51. The van der Waals surface area contributed by atoms with Crippen LogP contribution in [-0.2, 0) is 6.18 Å². The van der Waals surface area contributed by atoms with Gasteiger partial charge in [0.1, 0.15) is 18.2 Å². The molecule has 3 rings (SSSR count). The Kier molecular flexibility index (Phi) is 5.88. The summed E-state index contributed by atoms with van der Waals surface area (Å²) in [6, 6.07) is 9.53. The average Bonchev–Trinajstić information content (AvgIpc) is 2.63. The molecule has 0 unspecified atom stereocenters. The number of alkyl halides is 3. The third kappa shape index (κ3) is 4.80. The molecule has 1 aromatic carbocycles. The van der Waals surface area contributed by atoms with Crippen LogP contribution in [0.5, 0.6) is 5.75 Å². The smallest absolute Gasteiger partial charge is 0.419 e. The number of aromatic nitrogens is 1. The molecule has 2 heterocycles. The first-order valence-corrected chi connectivity index (χ1v) is 8.69. The zero-order valence-electron chi connectivity index (χ0n) is 14.0. The molecule has 0 N–H and O–H groups in total. The summed E-state index contributed by atoms with van der Waals surface area (Å²) in [4.78, 5) is 7.82. The van der Waals surface area contributed by atoms with E-state index < -0.39 is 11.7 Å². The van der Waals surface area contributed by atoms with Gasteiger partial charge in [0.2, 0.25) is 0 Å². The molecule has 140 valence electrons. The maximum atomic E-state index is 13.1. The Morgan fingerprint density at radius 1 is 1.04 bits per heavy atom. The average molecular weight is 386 g/mol. The fourth-order valence-corrected chi connectivity index (χ4v) is 3.00. The van der Waals surface area contributed by atoms with Gasteiger partial charge in [0, 0.05) is 43.9 Å². The number of benzene rings is 1. The van der Waals surface area contributed by atoms with Crippen molar-refractivity contribution in [2.45, 2.75) is 6.18 Å². The van der Waals surface area contributed by atoms with Crippen LogP contribution in [-0.4, -0.2) is 49.2 Å². The van der Waals surface area contributed by atoms with E-state index in [2.05, 4.69) is 9.88 Å². The quantitative estimate of drug-likeness (QED) is 0.779. The van der Waals surface area contributed by atoms with Crippen LogP contribution in [0.3, 0.4) is 0 Å². The van der Waals surface area contributed by atoms with Crippen molar-refractivity contribution in [3.8, 4) is 5.75 Å². The van der Waals surface area contributed by atoms with E-state index in [0.717, 1.165) is 11.8 Å². The summed E-state index contributed by atoms with van der Waals surface area (Å²) >= 11 is 5.83. The normalized spacial score (nSPS) is 15.9. The molecule has 2 aromatic rings. The molecule has 0 bridgehead atoms. The lowest BCUT2D eigenvalue weighted by Gasteiger charge is -2.36. The van der Waals surface area contributed by atoms with Crippen LogP contribution in [0.15, 0.2) is 42.6 Å². The van der Waals surface area contributed by atoms with Crippen molar-refractivity contribution in [1.29, 1.82) is 0 Å². The van der Waals surface area contributed by atoms with E-state index >= 15 is 0 Å². The van der Waals surface area contributed by atoms with Crippen LogP contribution < -0.4 is 9.64 Å². The Morgan fingerprint density at radius 3 is 2.38 bits per heavy atom. The highest BCUT2D eigenvalue weighted by Crippen LogP contribution is 2.35. The second-order valence-electron chi connectivity index (χ2n) is 6.00. The van der Waals surface area contributed by atoms with Crippen LogP contribution in [0.4, 0.5) is 19.0 Å². The first-order valence-electron chi connectivity index (χ1n) is 8.31. The number of pyridine rings is 1. The molecular formula is C18H19ClF3N3O. The van der Waals surface area contributed by atoms with Gasteiger partial charge in [-0.25, -0.2) is 4.98 Å². The zero-order valence-corrected chi connectivity index (χ0v) is 14.8. The Bertz CT molecular complexity index is 716. The standard InChI is InChI=1S/C18H19ClF3N3O/c19-14-3-5-15(6-4-14)26-13-12-24-8-10-25(11-9-24)17-16(18(20,21)22)2-1-7-23-17/h1-7H,8-13H2. The second kappa shape index (κ2) is 8.14. The van der Waals surface area contributed by atoms with Gasteiger partial charge < -0.3 is 9.64 Å². The number of rotatable bonds is 5. The number of piperazine rings is 1. The number of hydrogen-bond donors (Lipinski definition) is 0. The fourth-order valence-electron chi connectivity index (χ4n) is 2.88. The molecule has 1 fully saturated rings. The van der Waals surface area contributed by atoms with E-state index in [0.29, 0.717) is 44.4 Å². The molecule has 1 aliphatic rings. The largest absolute Gasteiger partial charge is 0.492 e. The van der Waals surface area contributed by atoms with E-state index in [1.807, 2.05) is 0 Å². The van der Waals surface area contributed by atoms with Gasteiger partial charge in [-0.05, 0) is 36.4 Å². The minimum absolute atomic E-state index is 0.0112. The van der Waals surface area contributed by atoms with Crippen molar-refractivity contribution < 1.29 is 17.9 Å². The molecule has 1 aromatic heterocycles. The summed E-state index contributed by atoms with van der Waals surface area (Å²) in [5.74, 6) is 0.758. The highest BCUT2D eigenvalue weighted by molar-refractivity contribution is 6.30. The topological polar surface area (TPSA) is 28.6 Å². The molecule has 1 saturated heterocycles. The van der Waals surface area contributed by atoms with E-state index in [9.17, 15) is 13.2 Å². The molecule has 26 heavy (non-hydrogen) atoms. The number of halogens is 4. The Labute approximate surface area is 155 Å². The molecule has 1 aliphatic heterocycles. The first-order chi connectivity index (χ1) is 12.4. The van der Waals surface area contributed by atoms with Crippen LogP contribution in [0.25, 0.3) is 0 Å². The first kappa shape index (κ1) is 18.8. The summed E-state index contributed by atoms with van der Waals surface area (Å²) in [6.45, 7) is 3.56. The summed E-state index contributed by atoms with van der Waals surface area (Å²) < 4.78 is 45.1. The maximum Gasteiger partial charge on any atom is 0.419 e. The summed E-state index contributed by atoms with van der Waals surface area (Å²) in [6.07, 6.45) is -3.00. The molecule has 0 spiro atoms. The SMILES string of the molecule is FC(F)(F)c1cccnc1N1CCN(CCOc2ccc(Cl)cc2)CC1. The van der Waals surface area contributed by atoms with Crippen molar-refractivity contribution in [2.75, 3.05) is 44.2 Å². The Balaban J connectivity index is 1.50. The predicted molar refractivity (Wildman–Crippen MR) is 94.8 cm³/mol. The van der Waals surface area contributed by atoms with Gasteiger partial charge in [-0.2, -0.15) is 13.2 Å². The van der Waals surface area contributed by atoms with E-state index in [1.54, 1.807) is 29.2 Å². The van der Waals surface area contributed by atoms with Gasteiger partial charge in [-0.15, -0.1) is 0 Å². The lowest BCUT2D eigenvalue weighted by Crippen LogP contribution is -2.48. The highest BCUT2D eigenvalue weighted by Gasteiger charge is 2.36. The number of ether oxygens (including phenoxy) is 1. The Hall–Kier alpha value is -1.99. The maximum absolute atomic E-state index is 13.1. The number of anilines is 1. The van der Waals surface area contributed by atoms with Crippen molar-refractivity contribution in [1.82, 2.24) is 9.88 Å². The second-order valence-corrected chi connectivity index (χ2v) is 6.44. The van der Waals surface area contributed by atoms with Gasteiger partial charge in [-0.3, -0.25) is 4.90 Å². The molecule has 8 heteroatoms. The van der Waals surface area contributed by atoms with Crippen molar-refractivity contribution >= 4 is 17.4 Å². The van der Waals surface area contributed by atoms with Crippen LogP contribution >= 0.6 is 11.6 Å². The predicted octanol–water partition coefficient (Wildman–Crippen LogP) is 3.95. The molecule has 4 nitrogen and oxygen atoms in total. The van der Waals surface area contributed by atoms with Crippen molar-refractivity contribution in [2.24, 2.45) is 0 Å². The fraction of sp³-hybridized carbons (Fsp3) is 0.389. The summed E-state index contributed by atoms with van der Waals surface area (Å²) in [5.41, 5.74) is -0.681. The van der Waals surface area contributed by atoms with Gasteiger partial charge in [0.15, 0.2) is 0 Å². The molecule has 0 atom stereocenters. The molecule has 0 saturated carbocycles. The summed E-state index contributed by atoms with van der Waals surface area (Å²) in [7, 11) is 0. The van der Waals surface area contributed by atoms with Gasteiger partial charge in [-0.1, -0.05) is 11.6 Å². The van der Waals surface area contributed by atoms with E-state index in [-0.39, 0.29) is 5.82 Å². The van der Waals surface area contributed by atoms with Gasteiger partial charge >= 0.3 is 6.18 Å². The van der Waals surface area contributed by atoms with Crippen molar-refractivity contribution in [3.63, 3.8) is 0 Å². The lowest BCUT2D eigenvalue weighted by molar-refractivity contribution is -0.137. The van der Waals surface area contributed by atoms with Crippen LogP contribution in [0, 0.1) is 0 Å². The van der Waals surface area contributed by atoms with E-state index in [1.165, 1.54) is 12.3 Å². The van der Waals surface area contributed by atoms with Gasteiger partial charge in [0.25, 0.3) is 0 Å². The number of hydrogen-bond acceptors (Lipinski definition) is 4. The third-order valence-electron chi connectivity index (χ3n) is 4.25. The Morgan fingerprint density at radius 2 is 1.73 bits per heavy atom. The van der Waals surface area contributed by atoms with E-state index in [4.69, 9.17) is 16.3 Å². The molecular weight excluding hydrogens is 367 g/mol.